The Morgan fingerprint density at radius 2 is 0.531 bits per heavy atom. The molecule has 354 valence electrons. The molecule has 2 atom stereocenters. The summed E-state index contributed by atoms with van der Waals surface area (Å²) in [6.07, 6.45) is 40.4. The molecular weight excluding hydrogens is 773 g/mol. The summed E-state index contributed by atoms with van der Waals surface area (Å²) in [5.74, 6) is 1.19. The van der Waals surface area contributed by atoms with Crippen LogP contribution in [-0.2, 0) is 0 Å². The van der Waals surface area contributed by atoms with Crippen LogP contribution in [0.4, 0.5) is 11.4 Å². The number of nitrogens with two attached hydrogens (primary N) is 2. The molecule has 2 nitrogen and oxygen atoms in total. The van der Waals surface area contributed by atoms with Crippen molar-refractivity contribution in [2.75, 3.05) is 11.5 Å². The predicted molar refractivity (Wildman–Crippen MR) is 285 cm³/mol. The maximum atomic E-state index is 6.28. The van der Waals surface area contributed by atoms with Crippen LogP contribution in [0.2, 0.25) is 0 Å². The number of hydrogen-bond acceptors (Lipinski definition) is 2. The predicted octanol–water partition coefficient (Wildman–Crippen LogP) is 19.6. The van der Waals surface area contributed by atoms with Crippen LogP contribution >= 0.6 is 0 Å². The molecule has 0 aliphatic carbocycles. The van der Waals surface area contributed by atoms with E-state index in [-0.39, 0.29) is 0 Å². The summed E-state index contributed by atoms with van der Waals surface area (Å²) >= 11 is 0. The Kier molecular flexibility index (Phi) is 26.7. The van der Waals surface area contributed by atoms with Crippen LogP contribution in [0.1, 0.15) is 276 Å². The van der Waals surface area contributed by atoms with E-state index in [0.29, 0.717) is 17.8 Å². The van der Waals surface area contributed by atoms with Crippen LogP contribution < -0.4 is 11.5 Å². The van der Waals surface area contributed by atoms with Gasteiger partial charge in [-0.3, -0.25) is 0 Å². The summed E-state index contributed by atoms with van der Waals surface area (Å²) in [4.78, 5) is 0. The molecule has 0 heterocycles. The first-order valence-corrected chi connectivity index (χ1v) is 27.3. The first-order valence-electron chi connectivity index (χ1n) is 27.3. The van der Waals surface area contributed by atoms with Crippen LogP contribution in [-0.4, -0.2) is 0 Å². The second-order valence-electron chi connectivity index (χ2n) is 20.1. The lowest BCUT2D eigenvalue weighted by atomic mass is 9.80. The van der Waals surface area contributed by atoms with Crippen LogP contribution in [0, 0.1) is 13.8 Å². The molecule has 0 aliphatic rings. The van der Waals surface area contributed by atoms with Crippen LogP contribution in [0.3, 0.4) is 0 Å². The average Bonchev–Trinajstić information content (AvgIpc) is 3.29. The van der Waals surface area contributed by atoms with Crippen molar-refractivity contribution >= 4 is 11.4 Å². The van der Waals surface area contributed by atoms with Gasteiger partial charge in [0.15, 0.2) is 0 Å². The van der Waals surface area contributed by atoms with Crippen molar-refractivity contribution in [1.29, 1.82) is 0 Å². The minimum absolute atomic E-state index is 0.397. The van der Waals surface area contributed by atoms with Gasteiger partial charge in [0.25, 0.3) is 0 Å². The summed E-state index contributed by atoms with van der Waals surface area (Å²) in [5.41, 5.74) is 25.6. The van der Waals surface area contributed by atoms with E-state index in [9.17, 15) is 0 Å². The molecule has 2 unspecified atom stereocenters. The number of unbranched alkanes of at least 4 members (excludes halogenated alkanes) is 24. The molecule has 0 aromatic heterocycles. The minimum Gasteiger partial charge on any atom is -0.399 e. The molecular formula is C62H96N2. The maximum Gasteiger partial charge on any atom is 0.0316 e. The van der Waals surface area contributed by atoms with Gasteiger partial charge in [-0.05, 0) is 102 Å². The van der Waals surface area contributed by atoms with Crippen molar-refractivity contribution in [3.8, 4) is 0 Å². The molecule has 0 fully saturated rings. The molecule has 4 rings (SSSR count). The van der Waals surface area contributed by atoms with Crippen LogP contribution in [0.25, 0.3) is 0 Å². The third-order valence-electron chi connectivity index (χ3n) is 14.6. The Bertz CT molecular complexity index is 1650. The van der Waals surface area contributed by atoms with Crippen molar-refractivity contribution < 1.29 is 0 Å². The van der Waals surface area contributed by atoms with Crippen molar-refractivity contribution in [1.82, 2.24) is 0 Å². The summed E-state index contributed by atoms with van der Waals surface area (Å²) in [6, 6.07) is 33.0. The summed E-state index contributed by atoms with van der Waals surface area (Å²) in [5, 5.41) is 0. The highest BCUT2D eigenvalue weighted by Gasteiger charge is 2.21. The largest absolute Gasteiger partial charge is 0.399 e. The number of rotatable bonds is 36. The SMILES string of the molecule is CCCCCCCCCCCC(c1ccc(C(CCCCCCCCCCC)c2ccc(N)cc2C)cc1)c1ccc(C(CCCCCCCCCCC)c2ccc(N)cc2C)cc1. The number of anilines is 2. The van der Waals surface area contributed by atoms with Gasteiger partial charge >= 0.3 is 0 Å². The minimum atomic E-state index is 0.397. The van der Waals surface area contributed by atoms with Crippen LogP contribution in [0.5, 0.6) is 0 Å². The zero-order valence-electron chi connectivity index (χ0n) is 42.2. The van der Waals surface area contributed by atoms with E-state index in [4.69, 9.17) is 11.5 Å². The molecule has 4 aromatic rings. The highest BCUT2D eigenvalue weighted by molar-refractivity contribution is 5.50. The zero-order valence-corrected chi connectivity index (χ0v) is 42.2. The molecule has 2 heteroatoms. The average molecular weight is 869 g/mol. The first-order chi connectivity index (χ1) is 31.4. The van der Waals surface area contributed by atoms with E-state index in [0.717, 1.165) is 11.4 Å². The Labute approximate surface area is 395 Å². The van der Waals surface area contributed by atoms with E-state index in [1.54, 1.807) is 0 Å². The van der Waals surface area contributed by atoms with Gasteiger partial charge < -0.3 is 11.5 Å². The lowest BCUT2D eigenvalue weighted by molar-refractivity contribution is 0.543. The van der Waals surface area contributed by atoms with Gasteiger partial charge in [0.2, 0.25) is 0 Å². The first kappa shape index (κ1) is 53.1. The molecule has 0 saturated carbocycles. The van der Waals surface area contributed by atoms with Crippen molar-refractivity contribution in [2.45, 2.75) is 245 Å². The number of benzene rings is 4. The molecule has 0 aliphatic heterocycles. The monoisotopic (exact) mass is 869 g/mol. The van der Waals surface area contributed by atoms with E-state index in [1.807, 2.05) is 0 Å². The normalized spacial score (nSPS) is 13.0. The Morgan fingerprint density at radius 1 is 0.297 bits per heavy atom. The molecule has 0 spiro atoms. The van der Waals surface area contributed by atoms with E-state index >= 15 is 0 Å². The second-order valence-corrected chi connectivity index (χ2v) is 20.1. The maximum absolute atomic E-state index is 6.28. The zero-order chi connectivity index (χ0) is 45.6. The smallest absolute Gasteiger partial charge is 0.0316 e. The van der Waals surface area contributed by atoms with Crippen molar-refractivity contribution in [3.63, 3.8) is 0 Å². The fourth-order valence-corrected chi connectivity index (χ4v) is 10.6. The molecule has 4 N–H and O–H groups in total. The highest BCUT2D eigenvalue weighted by atomic mass is 14.5. The van der Waals surface area contributed by atoms with E-state index < -0.39 is 0 Å². The second kappa shape index (κ2) is 32.2. The molecule has 64 heavy (non-hydrogen) atoms. The quantitative estimate of drug-likeness (QED) is 0.0353. The van der Waals surface area contributed by atoms with Crippen molar-refractivity contribution in [3.05, 3.63) is 129 Å². The highest BCUT2D eigenvalue weighted by Crippen LogP contribution is 2.38. The van der Waals surface area contributed by atoms with Gasteiger partial charge in [-0.2, -0.15) is 0 Å². The number of aryl methyl sites for hydroxylation is 2. The lowest BCUT2D eigenvalue weighted by Gasteiger charge is -2.24. The van der Waals surface area contributed by atoms with E-state index in [2.05, 4.69) is 120 Å². The van der Waals surface area contributed by atoms with E-state index in [1.165, 1.54) is 237 Å². The van der Waals surface area contributed by atoms with Crippen LogP contribution in [0.15, 0.2) is 84.9 Å². The Hall–Kier alpha value is -3.52. The fraction of sp³-hybridized carbons (Fsp3) is 0.613. The lowest BCUT2D eigenvalue weighted by Crippen LogP contribution is -2.07. The molecule has 0 bridgehead atoms. The summed E-state index contributed by atoms with van der Waals surface area (Å²) < 4.78 is 0. The summed E-state index contributed by atoms with van der Waals surface area (Å²) in [7, 11) is 0. The molecule has 0 amide bonds. The standard InChI is InChI=1S/C62H96N2/c1-6-9-12-15-18-21-24-27-30-33-60(52-36-40-54(41-37-52)61(58-46-44-56(63)48-50(58)4)34-31-28-25-22-19-16-13-10-7-2)53-38-42-55(43-39-53)62(59-47-45-57(64)49-51(59)5)35-32-29-26-23-20-17-14-11-8-3/h36-49,60-62H,6-35,63-64H2,1-5H3. The fourth-order valence-electron chi connectivity index (χ4n) is 10.6. The molecule has 0 radical (unpaired) electrons. The number of hydrogen-bond donors (Lipinski definition) is 2. The Balaban J connectivity index is 1.52. The van der Waals surface area contributed by atoms with Gasteiger partial charge in [-0.1, -0.05) is 255 Å². The van der Waals surface area contributed by atoms with Gasteiger partial charge in [0, 0.05) is 29.1 Å². The van der Waals surface area contributed by atoms with Gasteiger partial charge in [-0.25, -0.2) is 0 Å². The summed E-state index contributed by atoms with van der Waals surface area (Å²) in [6.45, 7) is 11.4. The Morgan fingerprint density at radius 3 is 0.797 bits per heavy atom. The third kappa shape index (κ3) is 19.5. The van der Waals surface area contributed by atoms with Gasteiger partial charge in [0.05, 0.1) is 0 Å². The van der Waals surface area contributed by atoms with Gasteiger partial charge in [-0.15, -0.1) is 0 Å². The van der Waals surface area contributed by atoms with Crippen molar-refractivity contribution in [2.24, 2.45) is 0 Å². The van der Waals surface area contributed by atoms with Gasteiger partial charge in [0.1, 0.15) is 0 Å². The topological polar surface area (TPSA) is 52.0 Å². The molecule has 0 saturated heterocycles. The molecule has 4 aromatic carbocycles. The number of nitrogen functional groups attached to an aromatic ring is 2. The third-order valence-corrected chi connectivity index (χ3v) is 14.6.